The van der Waals surface area contributed by atoms with E-state index in [2.05, 4.69) is 25.1 Å². The molecular weight excluding hydrogens is 511 g/mol. The molecule has 194 valence electrons. The number of anilines is 1. The standard InChI is InChI=1S/C24H22F3N5O4S/c1-3-20-21(15-6-9-18(35-2)19(10-15)36-24(25,26)27)31-32(23(34)37-20)12-14-4-7-16(8-5-14)30-22(33)17-11-28-13-29-17/h4-11,13,20H,3,12H2,1-2H3,(H,28,29)(H,30,33). The lowest BCUT2D eigenvalue weighted by Gasteiger charge is -2.28. The fourth-order valence-corrected chi connectivity index (χ4v) is 4.51. The molecule has 2 N–H and O–H groups in total. The number of carbonyl (C=O) groups excluding carboxylic acids is 2. The van der Waals surface area contributed by atoms with Gasteiger partial charge < -0.3 is 19.8 Å². The molecule has 2 heterocycles. The zero-order valence-electron chi connectivity index (χ0n) is 19.7. The van der Waals surface area contributed by atoms with Gasteiger partial charge in [-0.2, -0.15) is 5.10 Å². The number of halogens is 3. The van der Waals surface area contributed by atoms with Crippen LogP contribution in [0.4, 0.5) is 23.7 Å². The van der Waals surface area contributed by atoms with Gasteiger partial charge in [-0.05, 0) is 42.3 Å². The summed E-state index contributed by atoms with van der Waals surface area (Å²) in [4.78, 5) is 31.4. The Bertz CT molecular complexity index is 1300. The highest BCUT2D eigenvalue weighted by molar-refractivity contribution is 8.14. The SMILES string of the molecule is CCC1SC(=O)N(Cc2ccc(NC(=O)c3cnc[nH]3)cc2)N=C1c1ccc(OC)c(OC(F)(F)F)c1. The van der Waals surface area contributed by atoms with Gasteiger partial charge >= 0.3 is 11.6 Å². The van der Waals surface area contributed by atoms with Gasteiger partial charge in [-0.15, -0.1) is 13.2 Å². The van der Waals surface area contributed by atoms with E-state index in [9.17, 15) is 22.8 Å². The van der Waals surface area contributed by atoms with Crippen LogP contribution >= 0.6 is 11.8 Å². The van der Waals surface area contributed by atoms with Crippen molar-refractivity contribution in [2.75, 3.05) is 12.4 Å². The Hall–Kier alpha value is -4.00. The lowest BCUT2D eigenvalue weighted by atomic mass is 10.0. The smallest absolute Gasteiger partial charge is 0.493 e. The van der Waals surface area contributed by atoms with Crippen LogP contribution in [0, 0.1) is 0 Å². The van der Waals surface area contributed by atoms with E-state index in [-0.39, 0.29) is 28.7 Å². The zero-order valence-corrected chi connectivity index (χ0v) is 20.5. The van der Waals surface area contributed by atoms with Gasteiger partial charge in [0.2, 0.25) is 0 Å². The minimum Gasteiger partial charge on any atom is -0.493 e. The molecule has 13 heteroatoms. The molecule has 3 aromatic rings. The van der Waals surface area contributed by atoms with Crippen molar-refractivity contribution in [1.82, 2.24) is 15.0 Å². The van der Waals surface area contributed by atoms with Crippen LogP contribution in [0.1, 0.15) is 35.0 Å². The fourth-order valence-electron chi connectivity index (χ4n) is 3.58. The Morgan fingerprint density at radius 1 is 1.19 bits per heavy atom. The van der Waals surface area contributed by atoms with Crippen molar-refractivity contribution < 1.29 is 32.2 Å². The van der Waals surface area contributed by atoms with Crippen LogP contribution in [0.25, 0.3) is 0 Å². The molecule has 0 spiro atoms. The molecule has 0 radical (unpaired) electrons. The van der Waals surface area contributed by atoms with Crippen molar-refractivity contribution in [2.24, 2.45) is 5.10 Å². The largest absolute Gasteiger partial charge is 0.573 e. The highest BCUT2D eigenvalue weighted by Gasteiger charge is 2.34. The average Bonchev–Trinajstić information content (AvgIpc) is 3.40. The number of hydrogen-bond acceptors (Lipinski definition) is 7. The topological polar surface area (TPSA) is 109 Å². The molecule has 1 aliphatic rings. The molecule has 1 unspecified atom stereocenters. The molecule has 2 amide bonds. The Morgan fingerprint density at radius 2 is 1.95 bits per heavy atom. The van der Waals surface area contributed by atoms with Crippen LogP contribution in [-0.2, 0) is 6.54 Å². The predicted octanol–water partition coefficient (Wildman–Crippen LogP) is 5.42. The number of carbonyl (C=O) groups is 2. The van der Waals surface area contributed by atoms with E-state index in [1.54, 1.807) is 30.3 Å². The molecular formula is C24H22F3N5O4S. The molecule has 0 aliphatic carbocycles. The minimum atomic E-state index is -4.90. The second kappa shape index (κ2) is 10.9. The molecule has 1 atom stereocenters. The third-order valence-corrected chi connectivity index (χ3v) is 6.58. The summed E-state index contributed by atoms with van der Waals surface area (Å²) >= 11 is 1.05. The van der Waals surface area contributed by atoms with E-state index >= 15 is 0 Å². The first kappa shape index (κ1) is 26.1. The Morgan fingerprint density at radius 3 is 2.57 bits per heavy atom. The quantitative estimate of drug-likeness (QED) is 0.400. The van der Waals surface area contributed by atoms with Gasteiger partial charge in [0, 0.05) is 11.3 Å². The Labute approximate surface area is 214 Å². The number of amides is 2. The second-order valence-electron chi connectivity index (χ2n) is 7.85. The number of H-pyrrole nitrogens is 1. The Kier molecular flexibility index (Phi) is 7.71. The summed E-state index contributed by atoms with van der Waals surface area (Å²) in [5.41, 5.74) is 2.43. The first-order chi connectivity index (χ1) is 17.7. The number of imidazole rings is 1. The Balaban J connectivity index is 1.55. The zero-order chi connectivity index (χ0) is 26.6. The van der Waals surface area contributed by atoms with E-state index in [0.717, 1.165) is 17.3 Å². The first-order valence-corrected chi connectivity index (χ1v) is 11.9. The predicted molar refractivity (Wildman–Crippen MR) is 132 cm³/mol. The number of benzene rings is 2. The number of methoxy groups -OCH3 is 1. The average molecular weight is 534 g/mol. The highest BCUT2D eigenvalue weighted by Crippen LogP contribution is 2.36. The number of alkyl halides is 3. The summed E-state index contributed by atoms with van der Waals surface area (Å²) in [6, 6.07) is 11.0. The molecule has 1 aromatic heterocycles. The van der Waals surface area contributed by atoms with Crippen LogP contribution in [-0.4, -0.2) is 50.6 Å². The van der Waals surface area contributed by atoms with Gasteiger partial charge in [-0.3, -0.25) is 9.59 Å². The number of rotatable bonds is 8. The van der Waals surface area contributed by atoms with Crippen molar-refractivity contribution in [3.05, 3.63) is 71.8 Å². The molecule has 0 fully saturated rings. The number of aromatic amines is 1. The number of nitrogens with one attached hydrogen (secondary N) is 2. The molecule has 37 heavy (non-hydrogen) atoms. The molecule has 2 aromatic carbocycles. The van der Waals surface area contributed by atoms with Crippen molar-refractivity contribution in [3.63, 3.8) is 0 Å². The van der Waals surface area contributed by atoms with Gasteiger partial charge in [0.15, 0.2) is 11.5 Å². The maximum atomic E-state index is 12.9. The van der Waals surface area contributed by atoms with E-state index < -0.39 is 12.1 Å². The maximum Gasteiger partial charge on any atom is 0.573 e. The van der Waals surface area contributed by atoms with E-state index in [0.29, 0.717) is 29.1 Å². The third-order valence-electron chi connectivity index (χ3n) is 5.33. The van der Waals surface area contributed by atoms with E-state index in [1.165, 1.54) is 36.8 Å². The summed E-state index contributed by atoms with van der Waals surface area (Å²) in [6.45, 7) is 1.99. The van der Waals surface area contributed by atoms with Crippen LogP contribution in [0.5, 0.6) is 11.5 Å². The van der Waals surface area contributed by atoms with Gasteiger partial charge in [0.05, 0.1) is 37.1 Å². The van der Waals surface area contributed by atoms with E-state index in [1.807, 2.05) is 6.92 Å². The lowest BCUT2D eigenvalue weighted by Crippen LogP contribution is -2.34. The summed E-state index contributed by atoms with van der Waals surface area (Å²) in [7, 11) is 1.25. The molecule has 9 nitrogen and oxygen atoms in total. The van der Waals surface area contributed by atoms with Crippen molar-refractivity contribution in [1.29, 1.82) is 0 Å². The summed E-state index contributed by atoms with van der Waals surface area (Å²) < 4.78 is 47.8. The lowest BCUT2D eigenvalue weighted by molar-refractivity contribution is -0.275. The van der Waals surface area contributed by atoms with Crippen molar-refractivity contribution >= 4 is 34.3 Å². The van der Waals surface area contributed by atoms with Crippen LogP contribution in [0.15, 0.2) is 60.1 Å². The van der Waals surface area contributed by atoms with Crippen molar-refractivity contribution in [2.45, 2.75) is 31.5 Å². The van der Waals surface area contributed by atoms with Gasteiger partial charge in [-0.25, -0.2) is 9.99 Å². The van der Waals surface area contributed by atoms with Crippen LogP contribution in [0.3, 0.4) is 0 Å². The van der Waals surface area contributed by atoms with E-state index in [4.69, 9.17) is 4.74 Å². The second-order valence-corrected chi connectivity index (χ2v) is 9.01. The molecule has 0 bridgehead atoms. The number of thioether (sulfide) groups is 1. The number of hydrazone groups is 1. The van der Waals surface area contributed by atoms with Crippen LogP contribution < -0.4 is 14.8 Å². The third kappa shape index (κ3) is 6.42. The number of aromatic nitrogens is 2. The maximum absolute atomic E-state index is 12.9. The first-order valence-electron chi connectivity index (χ1n) is 11.1. The number of hydrogen-bond donors (Lipinski definition) is 2. The molecule has 0 saturated carbocycles. The minimum absolute atomic E-state index is 0.0779. The molecule has 1 aliphatic heterocycles. The summed E-state index contributed by atoms with van der Waals surface area (Å²) in [6.07, 6.45) is -1.55. The normalized spacial score (nSPS) is 15.8. The monoisotopic (exact) mass is 533 g/mol. The summed E-state index contributed by atoms with van der Waals surface area (Å²) in [5.74, 6) is -0.918. The summed E-state index contributed by atoms with van der Waals surface area (Å²) in [5, 5.41) is 7.86. The number of ether oxygens (including phenoxy) is 2. The van der Waals surface area contributed by atoms with Gasteiger partial charge in [-0.1, -0.05) is 30.8 Å². The number of nitrogens with zero attached hydrogens (tertiary/aromatic N) is 3. The fraction of sp³-hybridized carbons (Fsp3) is 0.250. The van der Waals surface area contributed by atoms with Crippen LogP contribution in [0.2, 0.25) is 0 Å². The highest BCUT2D eigenvalue weighted by atomic mass is 32.2. The molecule has 4 rings (SSSR count). The van der Waals surface area contributed by atoms with Gasteiger partial charge in [0.25, 0.3) is 5.91 Å². The molecule has 0 saturated heterocycles. The van der Waals surface area contributed by atoms with Gasteiger partial charge in [0.1, 0.15) is 5.69 Å². The van der Waals surface area contributed by atoms with Crippen molar-refractivity contribution in [3.8, 4) is 11.5 Å².